The van der Waals surface area contributed by atoms with E-state index in [9.17, 15) is 4.39 Å². The van der Waals surface area contributed by atoms with Crippen LogP contribution in [0.5, 0.6) is 0 Å². The summed E-state index contributed by atoms with van der Waals surface area (Å²) in [6.45, 7) is 5.84. The van der Waals surface area contributed by atoms with E-state index in [1.165, 1.54) is 24.5 Å². The van der Waals surface area contributed by atoms with Gasteiger partial charge in [-0.25, -0.2) is 4.39 Å². The van der Waals surface area contributed by atoms with Gasteiger partial charge in [-0.3, -0.25) is 4.99 Å². The van der Waals surface area contributed by atoms with E-state index in [0.29, 0.717) is 24.0 Å². The van der Waals surface area contributed by atoms with E-state index in [1.807, 2.05) is 12.3 Å². The number of halogens is 2. The molecule has 2 aromatic rings. The lowest BCUT2D eigenvalue weighted by atomic mass is 9.82. The Morgan fingerprint density at radius 1 is 1.29 bits per heavy atom. The number of H-pyrrole nitrogens is 1. The Kier molecular flexibility index (Phi) is 5.83. The van der Waals surface area contributed by atoms with Gasteiger partial charge >= 0.3 is 0 Å². The van der Waals surface area contributed by atoms with Crippen molar-refractivity contribution in [2.24, 2.45) is 16.8 Å². The zero-order chi connectivity index (χ0) is 18.4. The van der Waals surface area contributed by atoms with Crippen LogP contribution in [-0.2, 0) is 11.2 Å². The third kappa shape index (κ3) is 3.51. The summed E-state index contributed by atoms with van der Waals surface area (Å²) in [4.78, 5) is 10.5. The van der Waals surface area contributed by atoms with Crippen molar-refractivity contribution < 1.29 is 9.13 Å². The predicted molar refractivity (Wildman–Crippen MR) is 120 cm³/mol. The SMILES string of the molecule is CCNC(=NCCc1c[nH]c2cc(F)ccc12)N1CC2C3CCC(O3)C2C1.I. The number of hydrogen-bond acceptors (Lipinski definition) is 2. The molecule has 4 heterocycles. The average molecular weight is 498 g/mol. The molecule has 7 heteroatoms. The van der Waals surface area contributed by atoms with Crippen LogP contribution >= 0.6 is 24.0 Å². The van der Waals surface area contributed by atoms with Crippen molar-refractivity contribution in [3.63, 3.8) is 0 Å². The fraction of sp³-hybridized carbons (Fsp3) is 0.571. The highest BCUT2D eigenvalue weighted by Gasteiger charge is 2.53. The van der Waals surface area contributed by atoms with Crippen molar-refractivity contribution in [1.29, 1.82) is 0 Å². The normalized spacial score (nSPS) is 28.6. The number of likely N-dealkylation sites (tertiary alicyclic amines) is 1. The molecule has 3 saturated heterocycles. The molecule has 5 rings (SSSR count). The number of nitrogens with zero attached hydrogens (tertiary/aromatic N) is 2. The molecule has 2 N–H and O–H groups in total. The fourth-order valence-electron chi connectivity index (χ4n) is 5.21. The summed E-state index contributed by atoms with van der Waals surface area (Å²) in [6.07, 6.45) is 6.22. The number of aromatic amines is 1. The minimum atomic E-state index is -0.208. The Morgan fingerprint density at radius 3 is 2.75 bits per heavy atom. The van der Waals surface area contributed by atoms with Crippen molar-refractivity contribution in [3.05, 3.63) is 35.8 Å². The van der Waals surface area contributed by atoms with Crippen LogP contribution in [-0.4, -0.2) is 54.2 Å². The lowest BCUT2D eigenvalue weighted by Crippen LogP contribution is -2.41. The van der Waals surface area contributed by atoms with Crippen molar-refractivity contribution in [2.75, 3.05) is 26.2 Å². The Morgan fingerprint density at radius 2 is 2.04 bits per heavy atom. The monoisotopic (exact) mass is 498 g/mol. The number of fused-ring (bicyclic) bond motifs is 6. The van der Waals surface area contributed by atoms with Crippen LogP contribution in [0.1, 0.15) is 25.3 Å². The van der Waals surface area contributed by atoms with Gasteiger partial charge in [0.25, 0.3) is 0 Å². The van der Waals surface area contributed by atoms with Gasteiger partial charge < -0.3 is 19.9 Å². The summed E-state index contributed by atoms with van der Waals surface area (Å²) < 4.78 is 19.4. The highest BCUT2D eigenvalue weighted by atomic mass is 127. The highest BCUT2D eigenvalue weighted by Crippen LogP contribution is 2.47. The number of hydrogen-bond donors (Lipinski definition) is 2. The number of nitrogens with one attached hydrogen (secondary N) is 2. The lowest BCUT2D eigenvalue weighted by Gasteiger charge is -2.23. The van der Waals surface area contributed by atoms with Gasteiger partial charge in [0.05, 0.1) is 12.2 Å². The molecule has 0 saturated carbocycles. The van der Waals surface area contributed by atoms with Gasteiger partial charge in [-0.15, -0.1) is 24.0 Å². The molecule has 0 spiro atoms. The van der Waals surface area contributed by atoms with Crippen LogP contribution in [0.4, 0.5) is 4.39 Å². The molecule has 0 amide bonds. The summed E-state index contributed by atoms with van der Waals surface area (Å²) in [5, 5.41) is 4.55. The summed E-state index contributed by atoms with van der Waals surface area (Å²) in [5.41, 5.74) is 2.04. The fourth-order valence-corrected chi connectivity index (χ4v) is 5.21. The zero-order valence-electron chi connectivity index (χ0n) is 16.2. The Balaban J connectivity index is 0.00000192. The maximum atomic E-state index is 13.4. The summed E-state index contributed by atoms with van der Waals surface area (Å²) in [5.74, 6) is 2.17. The van der Waals surface area contributed by atoms with Gasteiger partial charge in [-0.1, -0.05) is 0 Å². The number of rotatable bonds is 4. The lowest BCUT2D eigenvalue weighted by molar-refractivity contribution is 0.0767. The molecule has 3 aliphatic rings. The van der Waals surface area contributed by atoms with E-state index in [0.717, 1.165) is 49.5 Å². The van der Waals surface area contributed by atoms with E-state index < -0.39 is 0 Å². The first kappa shape index (κ1) is 19.9. The molecule has 1 aromatic heterocycles. The first-order chi connectivity index (χ1) is 13.2. The van der Waals surface area contributed by atoms with E-state index in [1.54, 1.807) is 6.07 Å². The molecule has 5 nitrogen and oxygen atoms in total. The van der Waals surface area contributed by atoms with E-state index in [2.05, 4.69) is 22.1 Å². The number of benzene rings is 1. The maximum Gasteiger partial charge on any atom is 0.193 e. The maximum absolute atomic E-state index is 13.4. The minimum absolute atomic E-state index is 0. The summed E-state index contributed by atoms with van der Waals surface area (Å²) in [7, 11) is 0. The number of ether oxygens (including phenoxy) is 1. The first-order valence-corrected chi connectivity index (χ1v) is 10.2. The van der Waals surface area contributed by atoms with Gasteiger partial charge in [0.15, 0.2) is 5.96 Å². The van der Waals surface area contributed by atoms with Crippen molar-refractivity contribution >= 4 is 40.8 Å². The van der Waals surface area contributed by atoms with Crippen LogP contribution in [0.3, 0.4) is 0 Å². The largest absolute Gasteiger partial charge is 0.374 e. The van der Waals surface area contributed by atoms with E-state index >= 15 is 0 Å². The number of aliphatic imine (C=N–C) groups is 1. The van der Waals surface area contributed by atoms with Crippen LogP contribution in [0.25, 0.3) is 10.9 Å². The zero-order valence-corrected chi connectivity index (χ0v) is 18.5. The molecule has 4 atom stereocenters. The quantitative estimate of drug-likeness (QED) is 0.386. The second-order valence-electron chi connectivity index (χ2n) is 8.01. The molecule has 0 aliphatic carbocycles. The first-order valence-electron chi connectivity index (χ1n) is 10.2. The molecule has 4 unspecified atom stereocenters. The highest BCUT2D eigenvalue weighted by molar-refractivity contribution is 14.0. The molecule has 152 valence electrons. The predicted octanol–water partition coefficient (Wildman–Crippen LogP) is 3.54. The number of guanidine groups is 1. The van der Waals surface area contributed by atoms with Crippen LogP contribution in [0.2, 0.25) is 0 Å². The van der Waals surface area contributed by atoms with Crippen molar-refractivity contribution in [2.45, 2.75) is 38.4 Å². The third-order valence-corrected chi connectivity index (χ3v) is 6.46. The Bertz CT molecular complexity index is 851. The molecule has 1 aromatic carbocycles. The molecule has 3 fully saturated rings. The summed E-state index contributed by atoms with van der Waals surface area (Å²) in [6, 6.07) is 4.92. The van der Waals surface area contributed by atoms with Crippen LogP contribution in [0.15, 0.2) is 29.4 Å². The topological polar surface area (TPSA) is 52.7 Å². The molecule has 2 bridgehead atoms. The van der Waals surface area contributed by atoms with E-state index in [4.69, 9.17) is 9.73 Å². The second-order valence-corrected chi connectivity index (χ2v) is 8.01. The van der Waals surface area contributed by atoms with Crippen molar-refractivity contribution in [1.82, 2.24) is 15.2 Å². The van der Waals surface area contributed by atoms with Gasteiger partial charge in [0, 0.05) is 55.1 Å². The molecular formula is C21H28FIN4O. The molecule has 28 heavy (non-hydrogen) atoms. The third-order valence-electron chi connectivity index (χ3n) is 6.46. The van der Waals surface area contributed by atoms with Gasteiger partial charge in [-0.2, -0.15) is 0 Å². The molecule has 0 radical (unpaired) electrons. The van der Waals surface area contributed by atoms with Gasteiger partial charge in [0.1, 0.15) is 5.82 Å². The Labute approximate surface area is 182 Å². The van der Waals surface area contributed by atoms with Crippen molar-refractivity contribution in [3.8, 4) is 0 Å². The van der Waals surface area contributed by atoms with Crippen LogP contribution in [0, 0.1) is 17.7 Å². The van der Waals surface area contributed by atoms with Gasteiger partial charge in [-0.05, 0) is 49.9 Å². The Hall–Kier alpha value is -1.35. The van der Waals surface area contributed by atoms with Crippen LogP contribution < -0.4 is 5.32 Å². The van der Waals surface area contributed by atoms with E-state index in [-0.39, 0.29) is 29.8 Å². The molecular weight excluding hydrogens is 470 g/mol. The second kappa shape index (κ2) is 8.18. The standard InChI is InChI=1S/C21H27FN4O.HI/c1-2-23-21(26-11-16-17(12-26)20-6-5-19(16)27-20)24-8-7-13-10-25-18-9-14(22)3-4-15(13)18;/h3-4,9-10,16-17,19-20,25H,2,5-8,11-12H2,1H3,(H,23,24);1H. The van der Waals surface area contributed by atoms with Gasteiger partial charge in [0.2, 0.25) is 0 Å². The number of aromatic nitrogens is 1. The smallest absolute Gasteiger partial charge is 0.193 e. The average Bonchev–Trinajstić information content (AvgIpc) is 3.42. The minimum Gasteiger partial charge on any atom is -0.374 e. The summed E-state index contributed by atoms with van der Waals surface area (Å²) >= 11 is 0. The molecule has 3 aliphatic heterocycles.